The molecule has 1 atom stereocenters. The number of hydrogen-bond donors (Lipinski definition) is 0. The molecule has 43 heavy (non-hydrogen) atoms. The average molecular weight is 577 g/mol. The van der Waals surface area contributed by atoms with Crippen LogP contribution in [0.3, 0.4) is 0 Å². The van der Waals surface area contributed by atoms with Crippen molar-refractivity contribution in [2.45, 2.75) is 79.2 Å². The van der Waals surface area contributed by atoms with E-state index in [1.54, 1.807) is 0 Å². The quantitative estimate of drug-likeness (QED) is 0.0690. The third-order valence-electron chi connectivity index (χ3n) is 8.61. The van der Waals surface area contributed by atoms with Gasteiger partial charge in [0.2, 0.25) is 5.78 Å². The zero-order chi connectivity index (χ0) is 30.5. The number of aryl methyl sites for hydroxylation is 1. The molecule has 0 amide bonds. The van der Waals surface area contributed by atoms with E-state index in [0.29, 0.717) is 24.0 Å². The number of benzene rings is 3. The Hall–Kier alpha value is -4.32. The number of aromatic nitrogens is 1. The van der Waals surface area contributed by atoms with Gasteiger partial charge in [0.25, 0.3) is 0 Å². The van der Waals surface area contributed by atoms with Crippen LogP contribution in [0.15, 0.2) is 71.9 Å². The maximum atomic E-state index is 13.9. The van der Waals surface area contributed by atoms with Gasteiger partial charge in [-0.2, -0.15) is 0 Å². The lowest BCUT2D eigenvalue weighted by atomic mass is 9.90. The van der Waals surface area contributed by atoms with Crippen molar-refractivity contribution in [2.75, 3.05) is 0 Å². The first-order valence-electron chi connectivity index (χ1n) is 15.5. The molecule has 6 nitrogen and oxygen atoms in total. The van der Waals surface area contributed by atoms with Gasteiger partial charge < -0.3 is 9.40 Å². The number of oxime groups is 1. The number of fused-ring (bicyclic) bond motifs is 4. The molecule has 0 N–H and O–H groups in total. The van der Waals surface area contributed by atoms with Crippen LogP contribution >= 0.6 is 0 Å². The first kappa shape index (κ1) is 30.1. The standard InChI is InChI=1S/C37H40N2O4/c1-5-8-11-25(6-2)36(41)28-17-20-34-31(22-28)32-23-29(18-21-35(32)39(34)7-3)37(42)33(38-43-24(4)40)19-16-27-15-14-26-12-9-10-13-30(26)27/h9-10,12-13,15,17-18,20-23,25H,5-8,11,14,16,19H2,1-4H3/b38-33-. The minimum Gasteiger partial charge on any atom is -0.341 e. The van der Waals surface area contributed by atoms with Crippen LogP contribution in [-0.2, 0) is 22.6 Å². The number of rotatable bonds is 13. The number of ketones is 2. The highest BCUT2D eigenvalue weighted by Crippen LogP contribution is 2.33. The van der Waals surface area contributed by atoms with Gasteiger partial charge in [-0.05, 0) is 85.7 Å². The molecule has 6 heteroatoms. The Balaban J connectivity index is 1.49. The Morgan fingerprint density at radius 3 is 2.30 bits per heavy atom. The SMILES string of the molecule is CCCCC(CC)C(=O)c1ccc2c(c1)c1cc(C(=O)/C(CCC3=CCc4ccccc43)=N\OC(C)=O)ccc1n2CC. The van der Waals surface area contributed by atoms with Crippen molar-refractivity contribution in [3.63, 3.8) is 0 Å². The van der Waals surface area contributed by atoms with Gasteiger partial charge in [-0.3, -0.25) is 9.59 Å². The number of nitrogens with zero attached hydrogens (tertiary/aromatic N) is 2. The van der Waals surface area contributed by atoms with Crippen LogP contribution in [-0.4, -0.2) is 27.8 Å². The van der Waals surface area contributed by atoms with Crippen LogP contribution in [0.1, 0.15) is 98.1 Å². The summed E-state index contributed by atoms with van der Waals surface area (Å²) in [7, 11) is 0. The van der Waals surface area contributed by atoms with E-state index in [4.69, 9.17) is 4.84 Å². The summed E-state index contributed by atoms with van der Waals surface area (Å²) in [5.41, 5.74) is 7.06. The lowest BCUT2D eigenvalue weighted by molar-refractivity contribution is -0.140. The fourth-order valence-electron chi connectivity index (χ4n) is 6.28. The normalized spacial score (nSPS) is 13.7. The largest absolute Gasteiger partial charge is 0.341 e. The Kier molecular flexibility index (Phi) is 9.34. The smallest absolute Gasteiger partial charge is 0.331 e. The van der Waals surface area contributed by atoms with Gasteiger partial charge in [-0.1, -0.05) is 62.2 Å². The second-order valence-electron chi connectivity index (χ2n) is 11.4. The molecule has 3 aromatic carbocycles. The summed E-state index contributed by atoms with van der Waals surface area (Å²) in [5, 5.41) is 5.88. The molecular weight excluding hydrogens is 536 g/mol. The Labute approximate surface area is 253 Å². The van der Waals surface area contributed by atoms with Gasteiger partial charge in [-0.15, -0.1) is 0 Å². The minimum atomic E-state index is -0.571. The van der Waals surface area contributed by atoms with Crippen molar-refractivity contribution < 1.29 is 19.2 Å². The third-order valence-corrected chi connectivity index (χ3v) is 8.61. The predicted octanol–water partition coefficient (Wildman–Crippen LogP) is 8.74. The number of Topliss-reactive ketones (excluding diaryl/α,β-unsaturated/α-hetero) is 2. The summed E-state index contributed by atoms with van der Waals surface area (Å²) >= 11 is 0. The van der Waals surface area contributed by atoms with Crippen LogP contribution < -0.4 is 0 Å². The van der Waals surface area contributed by atoms with Gasteiger partial charge in [-0.25, -0.2) is 4.79 Å². The zero-order valence-corrected chi connectivity index (χ0v) is 25.6. The zero-order valence-electron chi connectivity index (χ0n) is 25.6. The maximum absolute atomic E-state index is 13.9. The summed E-state index contributed by atoms with van der Waals surface area (Å²) in [4.78, 5) is 43.9. The highest BCUT2D eigenvalue weighted by Gasteiger charge is 2.22. The van der Waals surface area contributed by atoms with Gasteiger partial charge >= 0.3 is 5.97 Å². The fraction of sp³-hybridized carbons (Fsp3) is 0.351. The molecule has 4 aromatic rings. The van der Waals surface area contributed by atoms with E-state index in [0.717, 1.165) is 60.5 Å². The lowest BCUT2D eigenvalue weighted by Crippen LogP contribution is -2.16. The van der Waals surface area contributed by atoms with Crippen molar-refractivity contribution in [1.29, 1.82) is 0 Å². The maximum Gasteiger partial charge on any atom is 0.331 e. The second kappa shape index (κ2) is 13.3. The molecule has 1 unspecified atom stereocenters. The van der Waals surface area contributed by atoms with Gasteiger partial charge in [0.15, 0.2) is 5.78 Å². The average Bonchev–Trinajstić information content (AvgIpc) is 3.58. The molecule has 0 spiro atoms. The molecule has 0 radical (unpaired) electrons. The molecular formula is C37H40N2O4. The first-order chi connectivity index (χ1) is 20.9. The number of unbranched alkanes of at least 4 members (excludes halogenated alkanes) is 1. The van der Waals surface area contributed by atoms with Crippen LogP contribution in [0.25, 0.3) is 27.4 Å². The predicted molar refractivity (Wildman–Crippen MR) is 174 cm³/mol. The Morgan fingerprint density at radius 2 is 1.63 bits per heavy atom. The highest BCUT2D eigenvalue weighted by atomic mass is 16.7. The lowest BCUT2D eigenvalue weighted by Gasteiger charge is -2.13. The summed E-state index contributed by atoms with van der Waals surface area (Å²) < 4.78 is 2.21. The first-order valence-corrected chi connectivity index (χ1v) is 15.5. The van der Waals surface area contributed by atoms with E-state index in [9.17, 15) is 14.4 Å². The van der Waals surface area contributed by atoms with E-state index in [1.807, 2.05) is 48.5 Å². The Bertz CT molecular complexity index is 1760. The summed E-state index contributed by atoms with van der Waals surface area (Å²) in [6, 6.07) is 19.9. The molecule has 0 aliphatic heterocycles. The van der Waals surface area contributed by atoms with E-state index >= 15 is 0 Å². The van der Waals surface area contributed by atoms with Crippen molar-refractivity contribution in [1.82, 2.24) is 4.57 Å². The van der Waals surface area contributed by atoms with Gasteiger partial charge in [0.1, 0.15) is 5.71 Å². The summed E-state index contributed by atoms with van der Waals surface area (Å²) in [5.74, 6) is -0.652. The molecule has 1 heterocycles. The highest BCUT2D eigenvalue weighted by molar-refractivity contribution is 6.46. The molecule has 1 aliphatic carbocycles. The molecule has 0 fully saturated rings. The van der Waals surface area contributed by atoms with Crippen LogP contribution in [0.4, 0.5) is 0 Å². The molecule has 1 aliphatic rings. The number of allylic oxidation sites excluding steroid dienone is 2. The van der Waals surface area contributed by atoms with Crippen LogP contribution in [0.5, 0.6) is 0 Å². The topological polar surface area (TPSA) is 77.7 Å². The van der Waals surface area contributed by atoms with Crippen molar-refractivity contribution in [3.8, 4) is 0 Å². The van der Waals surface area contributed by atoms with Crippen molar-refractivity contribution >= 4 is 50.6 Å². The molecule has 5 rings (SSSR count). The van der Waals surface area contributed by atoms with Crippen LogP contribution in [0, 0.1) is 5.92 Å². The van der Waals surface area contributed by atoms with Gasteiger partial charge in [0, 0.05) is 58.7 Å². The summed E-state index contributed by atoms with van der Waals surface area (Å²) in [6.07, 6.45) is 7.83. The molecule has 0 bridgehead atoms. The monoisotopic (exact) mass is 576 g/mol. The van der Waals surface area contributed by atoms with Crippen molar-refractivity contribution in [2.24, 2.45) is 11.1 Å². The van der Waals surface area contributed by atoms with E-state index < -0.39 is 5.97 Å². The number of hydrogen-bond acceptors (Lipinski definition) is 5. The van der Waals surface area contributed by atoms with E-state index in [-0.39, 0.29) is 23.2 Å². The minimum absolute atomic E-state index is 0.0102. The molecule has 0 saturated carbocycles. The van der Waals surface area contributed by atoms with E-state index in [1.165, 1.54) is 23.6 Å². The van der Waals surface area contributed by atoms with E-state index in [2.05, 4.69) is 48.7 Å². The summed E-state index contributed by atoms with van der Waals surface area (Å²) in [6.45, 7) is 8.35. The van der Waals surface area contributed by atoms with Crippen LogP contribution in [0.2, 0.25) is 0 Å². The fourth-order valence-corrected chi connectivity index (χ4v) is 6.28. The Morgan fingerprint density at radius 1 is 0.930 bits per heavy atom. The molecule has 222 valence electrons. The third kappa shape index (κ3) is 6.24. The van der Waals surface area contributed by atoms with Gasteiger partial charge in [0.05, 0.1) is 0 Å². The number of carbonyl (C=O) groups is 3. The number of carbonyl (C=O) groups excluding carboxylic acids is 3. The second-order valence-corrected chi connectivity index (χ2v) is 11.4. The van der Waals surface area contributed by atoms with Crippen molar-refractivity contribution in [3.05, 3.63) is 89.0 Å². The molecule has 0 saturated heterocycles. The molecule has 1 aromatic heterocycles.